The number of nitrogens with two attached hydrogens (primary N) is 2. The van der Waals surface area contributed by atoms with Crippen LogP contribution in [0, 0.1) is 6.92 Å². The van der Waals surface area contributed by atoms with Gasteiger partial charge in [-0.05, 0) is 38.5 Å². The topological polar surface area (TPSA) is 128 Å². The summed E-state index contributed by atoms with van der Waals surface area (Å²) in [6.07, 6.45) is 1.52. The largest absolute Gasteiger partial charge is 0.377 e. The molecule has 8 nitrogen and oxygen atoms in total. The van der Waals surface area contributed by atoms with Crippen LogP contribution in [0.25, 0.3) is 0 Å². The Bertz CT molecular complexity index is 750. The van der Waals surface area contributed by atoms with Crippen molar-refractivity contribution in [3.63, 3.8) is 0 Å². The van der Waals surface area contributed by atoms with Gasteiger partial charge >= 0.3 is 0 Å². The second-order valence-corrected chi connectivity index (χ2v) is 6.34. The van der Waals surface area contributed by atoms with Gasteiger partial charge in [0.25, 0.3) is 5.91 Å². The summed E-state index contributed by atoms with van der Waals surface area (Å²) in [7, 11) is 0. The Balaban J connectivity index is 2.11. The molecular weight excluding hydrogens is 332 g/mol. The maximum absolute atomic E-state index is 11.7. The third-order valence-electron chi connectivity index (χ3n) is 3.50. The van der Waals surface area contributed by atoms with E-state index in [1.54, 1.807) is 0 Å². The minimum absolute atomic E-state index is 0.122. The first-order valence-electron chi connectivity index (χ1n) is 8.46. The summed E-state index contributed by atoms with van der Waals surface area (Å²) in [4.78, 5) is 20.1. The van der Waals surface area contributed by atoms with Crippen LogP contribution in [-0.2, 0) is 4.74 Å². The molecule has 6 N–H and O–H groups in total. The monoisotopic (exact) mass is 358 g/mol. The molecule has 1 aromatic carbocycles. The second kappa shape index (κ2) is 9.12. The van der Waals surface area contributed by atoms with Gasteiger partial charge in [-0.1, -0.05) is 12.1 Å². The summed E-state index contributed by atoms with van der Waals surface area (Å²) < 4.78 is 5.48. The predicted molar refractivity (Wildman–Crippen MR) is 103 cm³/mol. The summed E-state index contributed by atoms with van der Waals surface area (Å²) in [5, 5.41) is 6.17. The molecular formula is C18H26N6O2. The van der Waals surface area contributed by atoms with Crippen molar-refractivity contribution in [2.75, 3.05) is 23.8 Å². The Hall–Kier alpha value is -2.71. The zero-order valence-electron chi connectivity index (χ0n) is 15.3. The molecule has 2 aromatic rings. The number of primary amides is 1. The van der Waals surface area contributed by atoms with Crippen molar-refractivity contribution in [2.24, 2.45) is 11.5 Å². The van der Waals surface area contributed by atoms with Gasteiger partial charge in [-0.3, -0.25) is 4.79 Å². The Morgan fingerprint density at radius 3 is 2.77 bits per heavy atom. The molecule has 0 saturated heterocycles. The van der Waals surface area contributed by atoms with Gasteiger partial charge in [-0.25, -0.2) is 4.98 Å². The van der Waals surface area contributed by atoms with Crippen molar-refractivity contribution in [3.05, 3.63) is 41.6 Å². The maximum atomic E-state index is 11.7. The lowest BCUT2D eigenvalue weighted by molar-refractivity contribution is 0.0703. The van der Waals surface area contributed by atoms with Crippen LogP contribution in [-0.4, -0.2) is 41.2 Å². The van der Waals surface area contributed by atoms with E-state index in [9.17, 15) is 4.79 Å². The molecule has 1 atom stereocenters. The van der Waals surface area contributed by atoms with Crippen molar-refractivity contribution in [1.82, 2.24) is 9.97 Å². The first-order valence-corrected chi connectivity index (χ1v) is 8.46. The molecule has 0 radical (unpaired) electrons. The highest BCUT2D eigenvalue weighted by Crippen LogP contribution is 2.20. The standard InChI is InChI=1S/C18H26N6O2/c1-11(2)26-10-13(19)8-21-18-22-9-15(16(20)25)17(24-18)23-14-6-4-5-12(3)7-14/h4-7,9,11,13H,8,10,19H2,1-3H3,(H2,20,25)(H2,21,22,23,24). The summed E-state index contributed by atoms with van der Waals surface area (Å²) in [6, 6.07) is 7.51. The zero-order chi connectivity index (χ0) is 19.1. The quantitative estimate of drug-likeness (QED) is 0.538. The van der Waals surface area contributed by atoms with E-state index in [0.717, 1.165) is 11.3 Å². The fraction of sp³-hybridized carbons (Fsp3) is 0.389. The molecule has 0 aliphatic heterocycles. The molecule has 0 aliphatic carbocycles. The number of carbonyl (C=O) groups is 1. The Kier molecular flexibility index (Phi) is 6.88. The van der Waals surface area contributed by atoms with Crippen LogP contribution in [0.5, 0.6) is 0 Å². The number of aromatic nitrogens is 2. The second-order valence-electron chi connectivity index (χ2n) is 6.34. The van der Waals surface area contributed by atoms with E-state index in [1.165, 1.54) is 6.20 Å². The van der Waals surface area contributed by atoms with Crippen LogP contribution in [0.2, 0.25) is 0 Å². The molecule has 0 fully saturated rings. The lowest BCUT2D eigenvalue weighted by Crippen LogP contribution is -2.35. The van der Waals surface area contributed by atoms with Crippen LogP contribution in [0.3, 0.4) is 0 Å². The zero-order valence-corrected chi connectivity index (χ0v) is 15.3. The van der Waals surface area contributed by atoms with Crippen LogP contribution < -0.4 is 22.1 Å². The van der Waals surface area contributed by atoms with E-state index < -0.39 is 5.91 Å². The number of carbonyl (C=O) groups excluding carboxylic acids is 1. The highest BCUT2D eigenvalue weighted by atomic mass is 16.5. The molecule has 0 aliphatic rings. The molecule has 0 saturated carbocycles. The lowest BCUT2D eigenvalue weighted by Gasteiger charge is -2.16. The molecule has 1 unspecified atom stereocenters. The van der Waals surface area contributed by atoms with Gasteiger partial charge in [0.05, 0.1) is 12.7 Å². The summed E-state index contributed by atoms with van der Waals surface area (Å²) in [6.45, 7) is 6.75. The van der Waals surface area contributed by atoms with Crippen LogP contribution in [0.15, 0.2) is 30.5 Å². The third kappa shape index (κ3) is 5.98. The Labute approximate surface area is 153 Å². The number of rotatable bonds is 9. The van der Waals surface area contributed by atoms with Crippen molar-refractivity contribution in [1.29, 1.82) is 0 Å². The number of aryl methyl sites for hydroxylation is 1. The van der Waals surface area contributed by atoms with Crippen LogP contribution in [0.4, 0.5) is 17.5 Å². The van der Waals surface area contributed by atoms with E-state index in [0.29, 0.717) is 24.9 Å². The number of nitrogens with zero attached hydrogens (tertiary/aromatic N) is 2. The van der Waals surface area contributed by atoms with E-state index in [-0.39, 0.29) is 17.7 Å². The van der Waals surface area contributed by atoms with Crippen molar-refractivity contribution < 1.29 is 9.53 Å². The Morgan fingerprint density at radius 1 is 1.35 bits per heavy atom. The van der Waals surface area contributed by atoms with Gasteiger partial charge in [0, 0.05) is 24.5 Å². The van der Waals surface area contributed by atoms with Gasteiger partial charge in [-0.2, -0.15) is 4.98 Å². The fourth-order valence-corrected chi connectivity index (χ4v) is 2.20. The number of benzene rings is 1. The number of nitrogens with one attached hydrogen (secondary N) is 2. The molecule has 1 heterocycles. The highest BCUT2D eigenvalue weighted by molar-refractivity contribution is 5.98. The van der Waals surface area contributed by atoms with Crippen LogP contribution >= 0.6 is 0 Å². The van der Waals surface area contributed by atoms with Gasteiger partial charge in [0.1, 0.15) is 11.4 Å². The number of amides is 1. The molecule has 140 valence electrons. The SMILES string of the molecule is Cc1cccc(Nc2nc(NCC(N)COC(C)C)ncc2C(N)=O)c1. The van der Waals surface area contributed by atoms with Gasteiger partial charge in [-0.15, -0.1) is 0 Å². The first-order chi connectivity index (χ1) is 12.3. The molecule has 1 amide bonds. The summed E-state index contributed by atoms with van der Waals surface area (Å²) in [5.74, 6) is 0.0893. The fourth-order valence-electron chi connectivity index (χ4n) is 2.20. The first kappa shape index (κ1) is 19.6. The smallest absolute Gasteiger partial charge is 0.254 e. The number of anilines is 3. The summed E-state index contributed by atoms with van der Waals surface area (Å²) in [5.41, 5.74) is 13.5. The molecule has 0 spiro atoms. The number of hydrogen-bond donors (Lipinski definition) is 4. The predicted octanol–water partition coefficient (Wildman–Crippen LogP) is 1.79. The minimum atomic E-state index is -0.603. The molecule has 26 heavy (non-hydrogen) atoms. The van der Waals surface area contributed by atoms with Crippen molar-refractivity contribution >= 4 is 23.4 Å². The minimum Gasteiger partial charge on any atom is -0.377 e. The van der Waals surface area contributed by atoms with E-state index in [2.05, 4.69) is 20.6 Å². The van der Waals surface area contributed by atoms with Gasteiger partial charge in [0.2, 0.25) is 5.95 Å². The van der Waals surface area contributed by atoms with E-state index in [1.807, 2.05) is 45.0 Å². The van der Waals surface area contributed by atoms with Crippen molar-refractivity contribution in [2.45, 2.75) is 32.9 Å². The van der Waals surface area contributed by atoms with E-state index >= 15 is 0 Å². The maximum Gasteiger partial charge on any atom is 0.254 e. The van der Waals surface area contributed by atoms with Gasteiger partial charge in [0.15, 0.2) is 0 Å². The average molecular weight is 358 g/mol. The lowest BCUT2D eigenvalue weighted by atomic mass is 10.2. The van der Waals surface area contributed by atoms with Gasteiger partial charge < -0.3 is 26.8 Å². The summed E-state index contributed by atoms with van der Waals surface area (Å²) >= 11 is 0. The highest BCUT2D eigenvalue weighted by Gasteiger charge is 2.13. The third-order valence-corrected chi connectivity index (χ3v) is 3.50. The normalized spacial score (nSPS) is 12.0. The molecule has 2 rings (SSSR count). The Morgan fingerprint density at radius 2 is 2.12 bits per heavy atom. The van der Waals surface area contributed by atoms with Crippen LogP contribution in [0.1, 0.15) is 29.8 Å². The van der Waals surface area contributed by atoms with Crippen molar-refractivity contribution in [3.8, 4) is 0 Å². The van der Waals surface area contributed by atoms with E-state index in [4.69, 9.17) is 16.2 Å². The molecule has 1 aromatic heterocycles. The molecule has 8 heteroatoms. The molecule has 0 bridgehead atoms. The number of ether oxygens (including phenoxy) is 1. The number of hydrogen-bond acceptors (Lipinski definition) is 7. The average Bonchev–Trinajstić information content (AvgIpc) is 2.58.